The SMILES string of the molecule is CCOc1cc(CNc2ccc(C)c(Cl)c2)cc(Br)c1OCc1ccc(Cl)cc1. The van der Waals surface area contributed by atoms with Crippen LogP contribution < -0.4 is 14.8 Å². The van der Waals surface area contributed by atoms with Crippen molar-refractivity contribution in [1.82, 2.24) is 0 Å². The molecule has 0 saturated carbocycles. The fourth-order valence-corrected chi connectivity index (χ4v) is 3.68. The number of hydrogen-bond acceptors (Lipinski definition) is 3. The molecule has 0 atom stereocenters. The Kier molecular flexibility index (Phi) is 7.70. The molecule has 3 aromatic carbocycles. The maximum absolute atomic E-state index is 6.21. The van der Waals surface area contributed by atoms with Gasteiger partial charge < -0.3 is 14.8 Å². The molecule has 0 saturated heterocycles. The minimum Gasteiger partial charge on any atom is -0.490 e. The Morgan fingerprint density at radius 3 is 2.38 bits per heavy atom. The molecule has 0 fully saturated rings. The smallest absolute Gasteiger partial charge is 0.175 e. The zero-order valence-corrected chi connectivity index (χ0v) is 19.4. The van der Waals surface area contributed by atoms with E-state index in [1.807, 2.05) is 68.4 Å². The highest BCUT2D eigenvalue weighted by Crippen LogP contribution is 2.38. The molecule has 0 spiro atoms. The molecule has 29 heavy (non-hydrogen) atoms. The molecule has 3 aromatic rings. The fraction of sp³-hybridized carbons (Fsp3) is 0.217. The zero-order valence-electron chi connectivity index (χ0n) is 16.3. The van der Waals surface area contributed by atoms with Crippen molar-refractivity contribution in [1.29, 1.82) is 0 Å². The molecule has 0 aliphatic heterocycles. The Bertz CT molecular complexity index is 977. The molecule has 0 unspecified atom stereocenters. The number of aryl methyl sites for hydroxylation is 1. The molecule has 3 nitrogen and oxygen atoms in total. The first kappa shape index (κ1) is 21.8. The predicted octanol–water partition coefficient (Wildman–Crippen LogP) is 7.65. The van der Waals surface area contributed by atoms with E-state index in [2.05, 4.69) is 21.2 Å². The highest BCUT2D eigenvalue weighted by Gasteiger charge is 2.13. The topological polar surface area (TPSA) is 30.5 Å². The molecule has 0 bridgehead atoms. The first-order valence-electron chi connectivity index (χ1n) is 9.28. The minimum atomic E-state index is 0.426. The van der Waals surface area contributed by atoms with Crippen molar-refractivity contribution >= 4 is 44.8 Å². The standard InChI is InChI=1S/C23H22BrCl2NO2/c1-3-28-22-11-17(13-27-19-9-4-15(2)21(26)12-19)10-20(24)23(22)29-14-16-5-7-18(25)8-6-16/h4-12,27H,3,13-14H2,1-2H3. The second kappa shape index (κ2) is 10.2. The summed E-state index contributed by atoms with van der Waals surface area (Å²) in [4.78, 5) is 0. The van der Waals surface area contributed by atoms with Crippen molar-refractivity contribution in [2.45, 2.75) is 27.0 Å². The van der Waals surface area contributed by atoms with Crippen LogP contribution in [0.4, 0.5) is 5.69 Å². The lowest BCUT2D eigenvalue weighted by Gasteiger charge is -2.16. The molecular formula is C23H22BrCl2NO2. The minimum absolute atomic E-state index is 0.426. The van der Waals surface area contributed by atoms with Crippen LogP contribution in [0.15, 0.2) is 59.1 Å². The average molecular weight is 495 g/mol. The van der Waals surface area contributed by atoms with E-state index in [4.69, 9.17) is 32.7 Å². The van der Waals surface area contributed by atoms with Crippen LogP contribution in [0, 0.1) is 6.92 Å². The maximum Gasteiger partial charge on any atom is 0.175 e. The highest BCUT2D eigenvalue weighted by molar-refractivity contribution is 9.10. The van der Waals surface area contributed by atoms with Crippen molar-refractivity contribution < 1.29 is 9.47 Å². The lowest BCUT2D eigenvalue weighted by molar-refractivity contribution is 0.267. The van der Waals surface area contributed by atoms with E-state index in [-0.39, 0.29) is 0 Å². The van der Waals surface area contributed by atoms with Gasteiger partial charge in [0.1, 0.15) is 6.61 Å². The number of anilines is 1. The fourth-order valence-electron chi connectivity index (χ4n) is 2.77. The molecule has 0 radical (unpaired) electrons. The quantitative estimate of drug-likeness (QED) is 0.348. The lowest BCUT2D eigenvalue weighted by atomic mass is 10.1. The molecule has 0 aliphatic rings. The summed E-state index contributed by atoms with van der Waals surface area (Å²) >= 11 is 15.8. The van der Waals surface area contributed by atoms with E-state index >= 15 is 0 Å². The van der Waals surface area contributed by atoms with Crippen molar-refractivity contribution in [3.05, 3.63) is 85.8 Å². The van der Waals surface area contributed by atoms with Gasteiger partial charge in [-0.25, -0.2) is 0 Å². The van der Waals surface area contributed by atoms with Gasteiger partial charge >= 0.3 is 0 Å². The summed E-state index contributed by atoms with van der Waals surface area (Å²) in [6, 6.07) is 17.6. The van der Waals surface area contributed by atoms with Crippen LogP contribution in [0.2, 0.25) is 10.0 Å². The van der Waals surface area contributed by atoms with Gasteiger partial charge in [0.05, 0.1) is 11.1 Å². The van der Waals surface area contributed by atoms with E-state index in [0.29, 0.717) is 36.3 Å². The lowest BCUT2D eigenvalue weighted by Crippen LogP contribution is -2.04. The van der Waals surface area contributed by atoms with E-state index in [1.54, 1.807) is 0 Å². The average Bonchev–Trinajstić information content (AvgIpc) is 2.70. The summed E-state index contributed by atoms with van der Waals surface area (Å²) in [6.45, 7) is 5.55. The third kappa shape index (κ3) is 6.05. The van der Waals surface area contributed by atoms with Crippen molar-refractivity contribution in [3.8, 4) is 11.5 Å². The van der Waals surface area contributed by atoms with E-state index in [1.165, 1.54) is 0 Å². The number of halogens is 3. The highest BCUT2D eigenvalue weighted by atomic mass is 79.9. The first-order chi connectivity index (χ1) is 14.0. The van der Waals surface area contributed by atoms with Crippen LogP contribution in [-0.4, -0.2) is 6.61 Å². The number of benzene rings is 3. The molecule has 6 heteroatoms. The van der Waals surface area contributed by atoms with E-state index in [0.717, 1.165) is 31.9 Å². The number of rotatable bonds is 8. The molecule has 0 aliphatic carbocycles. The maximum atomic E-state index is 6.21. The molecule has 152 valence electrons. The summed E-state index contributed by atoms with van der Waals surface area (Å²) in [5.41, 5.74) is 4.13. The monoisotopic (exact) mass is 493 g/mol. The molecule has 0 heterocycles. The molecule has 1 N–H and O–H groups in total. The van der Waals surface area contributed by atoms with Crippen LogP contribution in [0.25, 0.3) is 0 Å². The normalized spacial score (nSPS) is 10.7. The summed E-state index contributed by atoms with van der Waals surface area (Å²) in [7, 11) is 0. The Morgan fingerprint density at radius 2 is 1.69 bits per heavy atom. The van der Waals surface area contributed by atoms with Gasteiger partial charge in [-0.05, 0) is 82.9 Å². The van der Waals surface area contributed by atoms with Crippen LogP contribution in [0.5, 0.6) is 11.5 Å². The number of ether oxygens (including phenoxy) is 2. The number of nitrogens with one attached hydrogen (secondary N) is 1. The second-order valence-corrected chi connectivity index (χ2v) is 8.27. The summed E-state index contributed by atoms with van der Waals surface area (Å²) in [5.74, 6) is 1.39. The zero-order chi connectivity index (χ0) is 20.8. The molecule has 0 amide bonds. The largest absolute Gasteiger partial charge is 0.490 e. The van der Waals surface area contributed by atoms with Gasteiger partial charge in [0.2, 0.25) is 0 Å². The molecular weight excluding hydrogens is 473 g/mol. The second-order valence-electron chi connectivity index (χ2n) is 6.57. The summed E-state index contributed by atoms with van der Waals surface area (Å²) in [6.07, 6.45) is 0. The molecule has 3 rings (SSSR count). The molecule has 0 aromatic heterocycles. The van der Waals surface area contributed by atoms with Gasteiger partial charge in [0.15, 0.2) is 11.5 Å². The summed E-state index contributed by atoms with van der Waals surface area (Å²) in [5, 5.41) is 4.85. The van der Waals surface area contributed by atoms with Crippen molar-refractivity contribution in [2.24, 2.45) is 0 Å². The van der Waals surface area contributed by atoms with Gasteiger partial charge in [-0.15, -0.1) is 0 Å². The summed E-state index contributed by atoms with van der Waals surface area (Å²) < 4.78 is 12.7. The van der Waals surface area contributed by atoms with Gasteiger partial charge in [0, 0.05) is 22.3 Å². The van der Waals surface area contributed by atoms with Crippen LogP contribution in [-0.2, 0) is 13.2 Å². The Labute approximate surface area is 190 Å². The van der Waals surface area contributed by atoms with Crippen molar-refractivity contribution in [3.63, 3.8) is 0 Å². The van der Waals surface area contributed by atoms with E-state index < -0.39 is 0 Å². The third-order valence-electron chi connectivity index (χ3n) is 4.33. The van der Waals surface area contributed by atoms with Gasteiger partial charge in [0.25, 0.3) is 0 Å². The van der Waals surface area contributed by atoms with Gasteiger partial charge in [-0.3, -0.25) is 0 Å². The Hall–Kier alpha value is -1.88. The third-order valence-corrected chi connectivity index (χ3v) is 5.58. The van der Waals surface area contributed by atoms with Crippen LogP contribution in [0.1, 0.15) is 23.6 Å². The van der Waals surface area contributed by atoms with Crippen LogP contribution in [0.3, 0.4) is 0 Å². The van der Waals surface area contributed by atoms with Gasteiger partial charge in [-0.2, -0.15) is 0 Å². The van der Waals surface area contributed by atoms with E-state index in [9.17, 15) is 0 Å². The Morgan fingerprint density at radius 1 is 0.931 bits per heavy atom. The van der Waals surface area contributed by atoms with Gasteiger partial charge in [-0.1, -0.05) is 41.4 Å². The number of hydrogen-bond donors (Lipinski definition) is 1. The van der Waals surface area contributed by atoms with Crippen molar-refractivity contribution in [2.75, 3.05) is 11.9 Å². The Balaban J connectivity index is 1.74. The first-order valence-corrected chi connectivity index (χ1v) is 10.8. The predicted molar refractivity (Wildman–Crippen MR) is 125 cm³/mol. The van der Waals surface area contributed by atoms with Crippen LogP contribution >= 0.6 is 39.1 Å².